The van der Waals surface area contributed by atoms with Crippen molar-refractivity contribution in [3.63, 3.8) is 0 Å². The predicted octanol–water partition coefficient (Wildman–Crippen LogP) is 4.76. The smallest absolute Gasteiger partial charge is 0.322 e. The summed E-state index contributed by atoms with van der Waals surface area (Å²) in [6.45, 7) is 6.91. The van der Waals surface area contributed by atoms with Crippen molar-refractivity contribution < 1.29 is 28.2 Å². The number of furan rings is 1. The summed E-state index contributed by atoms with van der Waals surface area (Å²) in [5, 5.41) is 3.48. The van der Waals surface area contributed by atoms with Crippen molar-refractivity contribution >= 4 is 29.2 Å². The van der Waals surface area contributed by atoms with Crippen LogP contribution in [0.4, 0.5) is 10.5 Å². The van der Waals surface area contributed by atoms with Gasteiger partial charge in [0.05, 0.1) is 26.0 Å². The summed E-state index contributed by atoms with van der Waals surface area (Å²) in [4.78, 5) is 32.8. The highest BCUT2D eigenvalue weighted by atomic mass is 35.5. The molecule has 3 heterocycles. The Kier molecular flexibility index (Phi) is 9.66. The zero-order valence-corrected chi connectivity index (χ0v) is 23.9. The van der Waals surface area contributed by atoms with E-state index in [4.69, 9.17) is 30.2 Å². The predicted molar refractivity (Wildman–Crippen MR) is 154 cm³/mol. The summed E-state index contributed by atoms with van der Waals surface area (Å²) >= 11 is 6.29. The molecule has 2 aliphatic rings. The fraction of sp³-hybridized carbons (Fsp3) is 0.400. The lowest BCUT2D eigenvalue weighted by Crippen LogP contribution is -2.45. The number of nitrogens with one attached hydrogen (secondary N) is 1. The summed E-state index contributed by atoms with van der Waals surface area (Å²) < 4.78 is 21.9. The van der Waals surface area contributed by atoms with E-state index in [9.17, 15) is 9.59 Å². The molecular formula is C30H35ClN4O6. The first-order valence-corrected chi connectivity index (χ1v) is 14.1. The maximum atomic E-state index is 13.8. The van der Waals surface area contributed by atoms with Gasteiger partial charge in [0, 0.05) is 43.4 Å². The second-order valence-corrected chi connectivity index (χ2v) is 10.5. The molecule has 0 unspecified atom stereocenters. The number of morpholine rings is 1. The van der Waals surface area contributed by atoms with E-state index in [1.165, 1.54) is 0 Å². The third kappa shape index (κ3) is 7.93. The molecule has 1 saturated heterocycles. The number of carbonyl (C=O) groups is 2. The lowest BCUT2D eigenvalue weighted by atomic mass is 10.2. The second-order valence-electron chi connectivity index (χ2n) is 10.1. The summed E-state index contributed by atoms with van der Waals surface area (Å²) in [7, 11) is 0. The minimum atomic E-state index is -0.360. The van der Waals surface area contributed by atoms with Gasteiger partial charge in [-0.25, -0.2) is 4.79 Å². The average Bonchev–Trinajstić information content (AvgIpc) is 3.66. The third-order valence-electron chi connectivity index (χ3n) is 7.13. The number of nitrogens with zero attached hydrogens (tertiary/aromatic N) is 3. The zero-order chi connectivity index (χ0) is 28.6. The molecule has 3 amide bonds. The molecule has 0 radical (unpaired) electrons. The quantitative estimate of drug-likeness (QED) is 0.348. The van der Waals surface area contributed by atoms with Crippen LogP contribution >= 0.6 is 11.6 Å². The van der Waals surface area contributed by atoms with Crippen molar-refractivity contribution in [2.75, 3.05) is 58.0 Å². The van der Waals surface area contributed by atoms with Crippen molar-refractivity contribution in [2.24, 2.45) is 0 Å². The van der Waals surface area contributed by atoms with Gasteiger partial charge in [-0.3, -0.25) is 9.69 Å². The van der Waals surface area contributed by atoms with Gasteiger partial charge in [-0.2, -0.15) is 0 Å². The van der Waals surface area contributed by atoms with Crippen LogP contribution in [-0.2, 0) is 22.6 Å². The topological polar surface area (TPSA) is 96.7 Å². The normalized spacial score (nSPS) is 14.6. The van der Waals surface area contributed by atoms with Crippen LogP contribution in [0, 0.1) is 6.92 Å². The third-order valence-corrected chi connectivity index (χ3v) is 7.54. The van der Waals surface area contributed by atoms with E-state index in [2.05, 4.69) is 10.2 Å². The molecule has 0 spiro atoms. The number of amides is 3. The van der Waals surface area contributed by atoms with Crippen molar-refractivity contribution in [1.29, 1.82) is 0 Å². The van der Waals surface area contributed by atoms with Crippen LogP contribution in [-0.4, -0.2) is 79.4 Å². The number of anilines is 1. The molecular weight excluding hydrogens is 548 g/mol. The second kappa shape index (κ2) is 13.8. The standard InChI is InChI=1S/C30H35ClN4O6/c1-22-5-7-24(17-26(22)31)32-30(37)34(10-3-9-33-11-14-38-15-12-33)20-29(36)35(19-25-4-2-13-39-25)18-23-6-8-27-28(16-23)41-21-40-27/h2,4-8,13,16-17H,3,9-12,14-15,18-21H2,1H3,(H,32,37). The molecule has 41 heavy (non-hydrogen) atoms. The van der Waals surface area contributed by atoms with E-state index < -0.39 is 0 Å². The molecule has 10 nitrogen and oxygen atoms in total. The van der Waals surface area contributed by atoms with Gasteiger partial charge in [0.2, 0.25) is 12.7 Å². The Morgan fingerprint density at radius 3 is 2.61 bits per heavy atom. The molecule has 0 bridgehead atoms. The van der Waals surface area contributed by atoms with Crippen molar-refractivity contribution in [2.45, 2.75) is 26.4 Å². The molecule has 2 aliphatic heterocycles. The number of benzene rings is 2. The highest BCUT2D eigenvalue weighted by molar-refractivity contribution is 6.31. The Labute approximate surface area is 244 Å². The molecule has 1 N–H and O–H groups in total. The van der Waals surface area contributed by atoms with Gasteiger partial charge in [0.25, 0.3) is 0 Å². The van der Waals surface area contributed by atoms with E-state index in [-0.39, 0.29) is 31.8 Å². The molecule has 3 aromatic rings. The maximum absolute atomic E-state index is 13.8. The van der Waals surface area contributed by atoms with Gasteiger partial charge in [-0.15, -0.1) is 0 Å². The molecule has 218 valence electrons. The van der Waals surface area contributed by atoms with Gasteiger partial charge < -0.3 is 33.7 Å². The number of halogens is 1. The monoisotopic (exact) mass is 582 g/mol. The van der Waals surface area contributed by atoms with Gasteiger partial charge in [-0.05, 0) is 60.9 Å². The molecule has 11 heteroatoms. The first kappa shape index (κ1) is 28.8. The molecule has 0 atom stereocenters. The summed E-state index contributed by atoms with van der Waals surface area (Å²) in [5.74, 6) is 1.77. The SMILES string of the molecule is Cc1ccc(NC(=O)N(CCCN2CCOCC2)CC(=O)N(Cc2ccc3c(c2)OCO3)Cc2ccco2)cc1Cl. The summed E-state index contributed by atoms with van der Waals surface area (Å²) in [6, 6.07) is 14.2. The van der Waals surface area contributed by atoms with Crippen molar-refractivity contribution in [1.82, 2.24) is 14.7 Å². The molecule has 1 aromatic heterocycles. The lowest BCUT2D eigenvalue weighted by Gasteiger charge is -2.30. The Balaban J connectivity index is 1.30. The van der Waals surface area contributed by atoms with E-state index in [0.29, 0.717) is 54.3 Å². The van der Waals surface area contributed by atoms with E-state index >= 15 is 0 Å². The zero-order valence-electron chi connectivity index (χ0n) is 23.1. The molecule has 1 fully saturated rings. The van der Waals surface area contributed by atoms with Crippen molar-refractivity contribution in [3.8, 4) is 11.5 Å². The summed E-state index contributed by atoms with van der Waals surface area (Å²) in [6.07, 6.45) is 2.30. The van der Waals surface area contributed by atoms with Crippen LogP contribution in [0.2, 0.25) is 5.02 Å². The highest BCUT2D eigenvalue weighted by Crippen LogP contribution is 2.33. The number of aryl methyl sites for hydroxylation is 1. The van der Waals surface area contributed by atoms with E-state index in [1.54, 1.807) is 34.3 Å². The largest absolute Gasteiger partial charge is 0.467 e. The minimum absolute atomic E-state index is 0.0974. The van der Waals surface area contributed by atoms with Crippen LogP contribution in [0.3, 0.4) is 0 Å². The number of ether oxygens (including phenoxy) is 3. The first-order valence-electron chi connectivity index (χ1n) is 13.8. The Morgan fingerprint density at radius 1 is 1.00 bits per heavy atom. The number of fused-ring (bicyclic) bond motifs is 1. The van der Waals surface area contributed by atoms with Crippen LogP contribution in [0.25, 0.3) is 0 Å². The fourth-order valence-corrected chi connectivity index (χ4v) is 4.96. The molecule has 5 rings (SSSR count). The fourth-order valence-electron chi connectivity index (χ4n) is 4.78. The van der Waals surface area contributed by atoms with Crippen LogP contribution in [0.5, 0.6) is 11.5 Å². The van der Waals surface area contributed by atoms with Crippen LogP contribution in [0.1, 0.15) is 23.3 Å². The van der Waals surface area contributed by atoms with Crippen LogP contribution in [0.15, 0.2) is 59.2 Å². The Hall–Kier alpha value is -3.73. The minimum Gasteiger partial charge on any atom is -0.467 e. The van der Waals surface area contributed by atoms with E-state index in [1.807, 2.05) is 37.3 Å². The average molecular weight is 583 g/mol. The van der Waals surface area contributed by atoms with Crippen LogP contribution < -0.4 is 14.8 Å². The van der Waals surface area contributed by atoms with E-state index in [0.717, 1.165) is 37.2 Å². The van der Waals surface area contributed by atoms with Crippen molar-refractivity contribution in [3.05, 3.63) is 76.7 Å². The number of carbonyl (C=O) groups excluding carboxylic acids is 2. The maximum Gasteiger partial charge on any atom is 0.322 e. The first-order chi connectivity index (χ1) is 19.9. The summed E-state index contributed by atoms with van der Waals surface area (Å²) in [5.41, 5.74) is 2.37. The van der Waals surface area contributed by atoms with Gasteiger partial charge >= 0.3 is 6.03 Å². The van der Waals surface area contributed by atoms with Gasteiger partial charge in [0.15, 0.2) is 11.5 Å². The Morgan fingerprint density at radius 2 is 1.83 bits per heavy atom. The lowest BCUT2D eigenvalue weighted by molar-refractivity contribution is -0.133. The number of rotatable bonds is 11. The highest BCUT2D eigenvalue weighted by Gasteiger charge is 2.24. The Bertz CT molecular complexity index is 1330. The van der Waals surface area contributed by atoms with Gasteiger partial charge in [-0.1, -0.05) is 23.7 Å². The number of urea groups is 1. The number of hydrogen-bond acceptors (Lipinski definition) is 7. The molecule has 0 aliphatic carbocycles. The molecule has 0 saturated carbocycles. The number of hydrogen-bond donors (Lipinski definition) is 1. The van der Waals surface area contributed by atoms with Gasteiger partial charge in [0.1, 0.15) is 12.3 Å². The molecule has 2 aromatic carbocycles.